The van der Waals surface area contributed by atoms with E-state index in [-0.39, 0.29) is 0 Å². The lowest BCUT2D eigenvalue weighted by atomic mass is 10.0. The minimum Gasteiger partial charge on any atom is -0.489 e. The molecule has 0 spiro atoms. The smallest absolute Gasteiger partial charge is 0.126 e. The van der Waals surface area contributed by atoms with Gasteiger partial charge in [0.05, 0.1) is 8.07 Å². The number of rotatable bonds is 7. The molecule has 32 heavy (non-hydrogen) atoms. The first-order chi connectivity index (χ1) is 15.3. The van der Waals surface area contributed by atoms with Crippen LogP contribution in [0.5, 0.6) is 5.75 Å². The fraction of sp³-hybridized carbons (Fsp3) is 0.241. The molecule has 0 aliphatic heterocycles. The fourth-order valence-corrected chi connectivity index (χ4v) is 8.81. The van der Waals surface area contributed by atoms with Crippen molar-refractivity contribution in [2.24, 2.45) is 0 Å². The molecule has 0 bridgehead atoms. The predicted molar refractivity (Wildman–Crippen MR) is 140 cm³/mol. The molecule has 0 saturated carbocycles. The van der Waals surface area contributed by atoms with Crippen LogP contribution in [0.3, 0.4) is 0 Å². The van der Waals surface area contributed by atoms with Crippen molar-refractivity contribution in [3.05, 3.63) is 102 Å². The van der Waals surface area contributed by atoms with Crippen LogP contribution in [0.1, 0.15) is 22.2 Å². The molecule has 1 aliphatic rings. The summed E-state index contributed by atoms with van der Waals surface area (Å²) in [4.78, 5) is 2.29. The molecule has 2 nitrogen and oxygen atoms in total. The third kappa shape index (κ3) is 3.93. The minimum absolute atomic E-state index is 0.366. The standard InChI is InChI=1S/C29H33NOSi/c1-7-17-31-28-25(22-13-9-8-10-14-22)18-21(2)19-27(28)32(5,6)29-24-16-12-11-15-23(24)20-26(29)30(3)4/h7-16,18-20,29H,1,17H2,2-6H3. The van der Waals surface area contributed by atoms with Crippen molar-refractivity contribution in [2.75, 3.05) is 20.7 Å². The molecule has 1 aliphatic carbocycles. The van der Waals surface area contributed by atoms with Gasteiger partial charge in [-0.3, -0.25) is 0 Å². The summed E-state index contributed by atoms with van der Waals surface area (Å²) in [7, 11) is 2.24. The Kier molecular flexibility index (Phi) is 6.12. The number of ether oxygens (including phenoxy) is 1. The Morgan fingerprint density at radius 1 is 1.00 bits per heavy atom. The highest BCUT2D eigenvalue weighted by atomic mass is 28.3. The molecule has 3 aromatic carbocycles. The maximum atomic E-state index is 6.44. The highest BCUT2D eigenvalue weighted by molar-refractivity contribution is 6.92. The number of hydrogen-bond donors (Lipinski definition) is 0. The van der Waals surface area contributed by atoms with Crippen molar-refractivity contribution in [3.63, 3.8) is 0 Å². The quantitative estimate of drug-likeness (QED) is 0.313. The van der Waals surface area contributed by atoms with Gasteiger partial charge in [0.15, 0.2) is 0 Å². The Morgan fingerprint density at radius 2 is 1.69 bits per heavy atom. The molecule has 3 heteroatoms. The first-order valence-electron chi connectivity index (χ1n) is 11.3. The van der Waals surface area contributed by atoms with Crippen LogP contribution in [0.15, 0.2) is 85.1 Å². The van der Waals surface area contributed by atoms with E-state index < -0.39 is 8.07 Å². The van der Waals surface area contributed by atoms with Gasteiger partial charge in [-0.15, -0.1) is 0 Å². The second-order valence-electron chi connectivity index (χ2n) is 9.40. The van der Waals surface area contributed by atoms with Crippen LogP contribution in [-0.4, -0.2) is 33.7 Å². The number of aryl methyl sites for hydroxylation is 1. The fourth-order valence-electron chi connectivity index (χ4n) is 4.99. The van der Waals surface area contributed by atoms with Crippen LogP contribution in [0, 0.1) is 6.92 Å². The summed E-state index contributed by atoms with van der Waals surface area (Å²) in [5.41, 5.74) is 8.16. The summed E-state index contributed by atoms with van der Waals surface area (Å²) in [6, 6.07) is 24.1. The number of likely N-dealkylation sites (N-methyl/N-ethyl adjacent to an activating group) is 1. The first-order valence-corrected chi connectivity index (χ1v) is 14.3. The first kappa shape index (κ1) is 22.2. The second kappa shape index (κ2) is 8.83. The summed E-state index contributed by atoms with van der Waals surface area (Å²) < 4.78 is 6.44. The molecule has 1 atom stereocenters. The average Bonchev–Trinajstić information content (AvgIpc) is 3.19. The van der Waals surface area contributed by atoms with Crippen molar-refractivity contribution in [3.8, 4) is 16.9 Å². The van der Waals surface area contributed by atoms with E-state index in [0.717, 1.165) is 5.75 Å². The lowest BCUT2D eigenvalue weighted by molar-refractivity contribution is 0.367. The Bertz CT molecular complexity index is 1160. The third-order valence-electron chi connectivity index (χ3n) is 6.50. The molecule has 0 amide bonds. The molecule has 3 aromatic rings. The van der Waals surface area contributed by atoms with Gasteiger partial charge in [-0.05, 0) is 40.9 Å². The molecule has 164 valence electrons. The van der Waals surface area contributed by atoms with E-state index in [1.165, 1.54) is 38.7 Å². The molecular weight excluding hydrogens is 406 g/mol. The minimum atomic E-state index is -2.08. The summed E-state index contributed by atoms with van der Waals surface area (Å²) >= 11 is 0. The zero-order valence-corrected chi connectivity index (χ0v) is 20.9. The van der Waals surface area contributed by atoms with Gasteiger partial charge < -0.3 is 9.64 Å². The largest absolute Gasteiger partial charge is 0.489 e. The number of hydrogen-bond acceptors (Lipinski definition) is 2. The van der Waals surface area contributed by atoms with Gasteiger partial charge in [0, 0.05) is 30.9 Å². The van der Waals surface area contributed by atoms with Gasteiger partial charge in [0.1, 0.15) is 12.4 Å². The second-order valence-corrected chi connectivity index (χ2v) is 14.0. The normalized spacial score (nSPS) is 15.2. The lowest BCUT2D eigenvalue weighted by Gasteiger charge is -2.37. The molecule has 0 radical (unpaired) electrons. The van der Waals surface area contributed by atoms with Crippen LogP contribution in [-0.2, 0) is 0 Å². The van der Waals surface area contributed by atoms with Crippen molar-refractivity contribution in [2.45, 2.75) is 25.6 Å². The Morgan fingerprint density at radius 3 is 2.38 bits per heavy atom. The topological polar surface area (TPSA) is 12.5 Å². The van der Waals surface area contributed by atoms with E-state index >= 15 is 0 Å². The van der Waals surface area contributed by atoms with Crippen LogP contribution in [0.2, 0.25) is 13.1 Å². The summed E-state index contributed by atoms with van der Waals surface area (Å²) in [6.07, 6.45) is 4.20. The predicted octanol–water partition coefficient (Wildman–Crippen LogP) is 6.38. The lowest BCUT2D eigenvalue weighted by Crippen LogP contribution is -2.50. The SMILES string of the molecule is C=CCOc1c(-c2ccccc2)cc(C)cc1[Si](C)(C)C1C(N(C)C)=Cc2ccccc21. The zero-order chi connectivity index (χ0) is 22.9. The highest BCUT2D eigenvalue weighted by Gasteiger charge is 2.43. The van der Waals surface area contributed by atoms with E-state index in [2.05, 4.69) is 118 Å². The van der Waals surface area contributed by atoms with Gasteiger partial charge >= 0.3 is 0 Å². The van der Waals surface area contributed by atoms with Gasteiger partial charge in [-0.1, -0.05) is 92.0 Å². The van der Waals surface area contributed by atoms with Crippen LogP contribution < -0.4 is 9.92 Å². The van der Waals surface area contributed by atoms with Crippen molar-refractivity contribution >= 4 is 19.3 Å². The van der Waals surface area contributed by atoms with Gasteiger partial charge in [0.25, 0.3) is 0 Å². The maximum Gasteiger partial charge on any atom is 0.126 e. The molecule has 0 heterocycles. The van der Waals surface area contributed by atoms with E-state index in [1.54, 1.807) is 0 Å². The number of fused-ring (bicyclic) bond motifs is 1. The number of nitrogens with zero attached hydrogens (tertiary/aromatic N) is 1. The molecule has 0 aromatic heterocycles. The maximum absolute atomic E-state index is 6.44. The van der Waals surface area contributed by atoms with E-state index in [4.69, 9.17) is 4.74 Å². The summed E-state index contributed by atoms with van der Waals surface area (Å²) in [5, 5.41) is 1.37. The number of allylic oxidation sites excluding steroid dienone is 1. The van der Waals surface area contributed by atoms with E-state index in [0.29, 0.717) is 12.1 Å². The average molecular weight is 440 g/mol. The van der Waals surface area contributed by atoms with Gasteiger partial charge in [-0.2, -0.15) is 0 Å². The Balaban J connectivity index is 1.94. The molecular formula is C29H33NOSi. The van der Waals surface area contributed by atoms with Crippen molar-refractivity contribution < 1.29 is 4.74 Å². The summed E-state index contributed by atoms with van der Waals surface area (Å²) in [5.74, 6) is 1.01. The Hall–Kier alpha value is -3.04. The Labute approximate surface area is 193 Å². The third-order valence-corrected chi connectivity index (χ3v) is 10.3. The zero-order valence-electron chi connectivity index (χ0n) is 19.9. The van der Waals surface area contributed by atoms with Crippen LogP contribution >= 0.6 is 0 Å². The number of benzene rings is 3. The molecule has 0 fully saturated rings. The molecule has 1 unspecified atom stereocenters. The van der Waals surface area contributed by atoms with E-state index in [1.807, 2.05) is 6.08 Å². The monoisotopic (exact) mass is 439 g/mol. The van der Waals surface area contributed by atoms with E-state index in [9.17, 15) is 0 Å². The van der Waals surface area contributed by atoms with Gasteiger partial charge in [-0.25, -0.2) is 0 Å². The van der Waals surface area contributed by atoms with Crippen molar-refractivity contribution in [1.82, 2.24) is 4.90 Å². The molecule has 4 rings (SSSR count). The van der Waals surface area contributed by atoms with Crippen LogP contribution in [0.4, 0.5) is 0 Å². The highest BCUT2D eigenvalue weighted by Crippen LogP contribution is 2.44. The van der Waals surface area contributed by atoms with Gasteiger partial charge in [0.2, 0.25) is 0 Å². The molecule has 0 N–H and O–H groups in total. The van der Waals surface area contributed by atoms with Crippen LogP contribution in [0.25, 0.3) is 17.2 Å². The molecule has 0 saturated heterocycles. The van der Waals surface area contributed by atoms with Crippen molar-refractivity contribution in [1.29, 1.82) is 0 Å². The summed E-state index contributed by atoms with van der Waals surface area (Å²) in [6.45, 7) is 11.6.